The fraction of sp³-hybridized carbons (Fsp3) is 0.875. The van der Waals surface area contributed by atoms with E-state index in [0.717, 1.165) is 0 Å². The monoisotopic (exact) mass is 190 g/mol. The van der Waals surface area contributed by atoms with Crippen molar-refractivity contribution in [1.82, 2.24) is 10.2 Å². The molecule has 0 radical (unpaired) electrons. The van der Waals surface area contributed by atoms with Gasteiger partial charge in [-0.2, -0.15) is 0 Å². The first-order valence-electron chi connectivity index (χ1n) is 4.35. The Morgan fingerprint density at radius 2 is 2.46 bits per heavy atom. The van der Waals surface area contributed by atoms with Crippen molar-refractivity contribution in [2.24, 2.45) is 0 Å². The molecule has 76 valence electrons. The largest absolute Gasteiger partial charge is 0.480 e. The van der Waals surface area contributed by atoms with Gasteiger partial charge in [-0.15, -0.1) is 0 Å². The van der Waals surface area contributed by atoms with Gasteiger partial charge in [-0.3, -0.25) is 9.69 Å². The van der Waals surface area contributed by atoms with E-state index in [1.165, 1.54) is 0 Å². The SMILES string of the molecule is CN(CC(=O)O)CC1CC(F)CN1. The Hall–Kier alpha value is -0.680. The van der Waals surface area contributed by atoms with E-state index in [1.54, 1.807) is 11.9 Å². The highest BCUT2D eigenvalue weighted by Gasteiger charge is 2.24. The minimum absolute atomic E-state index is 0.00906. The number of alkyl halides is 1. The molecule has 0 aromatic heterocycles. The first-order chi connectivity index (χ1) is 6.08. The molecule has 2 atom stereocenters. The van der Waals surface area contributed by atoms with Gasteiger partial charge in [0.2, 0.25) is 0 Å². The minimum Gasteiger partial charge on any atom is -0.480 e. The van der Waals surface area contributed by atoms with Gasteiger partial charge in [-0.1, -0.05) is 0 Å². The lowest BCUT2D eigenvalue weighted by Gasteiger charge is -2.18. The highest BCUT2D eigenvalue weighted by atomic mass is 19.1. The maximum absolute atomic E-state index is 12.7. The maximum atomic E-state index is 12.7. The molecule has 1 rings (SSSR count). The summed E-state index contributed by atoms with van der Waals surface area (Å²) in [5.74, 6) is -0.850. The molecule has 2 N–H and O–H groups in total. The fourth-order valence-electron chi connectivity index (χ4n) is 1.58. The Kier molecular flexibility index (Phi) is 3.62. The van der Waals surface area contributed by atoms with E-state index in [9.17, 15) is 9.18 Å². The third kappa shape index (κ3) is 3.69. The van der Waals surface area contributed by atoms with E-state index >= 15 is 0 Å². The lowest BCUT2D eigenvalue weighted by Crippen LogP contribution is -2.37. The van der Waals surface area contributed by atoms with E-state index < -0.39 is 12.1 Å². The van der Waals surface area contributed by atoms with E-state index in [-0.39, 0.29) is 12.6 Å². The highest BCUT2D eigenvalue weighted by molar-refractivity contribution is 5.69. The average Bonchev–Trinajstić information content (AvgIpc) is 2.33. The molecule has 0 spiro atoms. The highest BCUT2D eigenvalue weighted by Crippen LogP contribution is 2.10. The van der Waals surface area contributed by atoms with E-state index in [4.69, 9.17) is 5.11 Å². The molecule has 0 amide bonds. The van der Waals surface area contributed by atoms with E-state index in [1.807, 2.05) is 0 Å². The molecule has 2 unspecified atom stereocenters. The van der Waals surface area contributed by atoms with Crippen molar-refractivity contribution in [2.75, 3.05) is 26.7 Å². The second kappa shape index (κ2) is 4.53. The molecule has 0 aliphatic carbocycles. The standard InChI is InChI=1S/C8H15FN2O2/c1-11(5-8(12)13)4-7-2-6(9)3-10-7/h6-7,10H,2-5H2,1H3,(H,12,13). The zero-order valence-corrected chi connectivity index (χ0v) is 7.66. The number of hydrogen-bond acceptors (Lipinski definition) is 3. The van der Waals surface area contributed by atoms with Gasteiger partial charge in [0, 0.05) is 19.1 Å². The van der Waals surface area contributed by atoms with E-state index in [2.05, 4.69) is 5.32 Å². The third-order valence-electron chi connectivity index (χ3n) is 2.11. The van der Waals surface area contributed by atoms with Crippen LogP contribution in [-0.2, 0) is 4.79 Å². The molecular formula is C8H15FN2O2. The number of nitrogens with zero attached hydrogens (tertiary/aromatic N) is 1. The van der Waals surface area contributed by atoms with Crippen LogP contribution in [0.5, 0.6) is 0 Å². The van der Waals surface area contributed by atoms with Crippen LogP contribution in [0.2, 0.25) is 0 Å². The predicted octanol–water partition coefficient (Wildman–Crippen LogP) is -0.297. The second-order valence-corrected chi connectivity index (χ2v) is 3.53. The van der Waals surface area contributed by atoms with Crippen LogP contribution in [0.3, 0.4) is 0 Å². The number of carbonyl (C=O) groups is 1. The van der Waals surface area contributed by atoms with Crippen LogP contribution in [-0.4, -0.2) is 54.9 Å². The summed E-state index contributed by atoms with van der Waals surface area (Å²) < 4.78 is 12.7. The molecular weight excluding hydrogens is 175 g/mol. The first kappa shape index (κ1) is 10.4. The molecule has 0 aromatic carbocycles. The lowest BCUT2D eigenvalue weighted by atomic mass is 10.2. The van der Waals surface area contributed by atoms with Crippen LogP contribution >= 0.6 is 0 Å². The van der Waals surface area contributed by atoms with Crippen molar-refractivity contribution in [1.29, 1.82) is 0 Å². The molecule has 0 bridgehead atoms. The topological polar surface area (TPSA) is 52.6 Å². The molecule has 1 heterocycles. The number of carboxylic acid groups (broad SMARTS) is 1. The van der Waals surface area contributed by atoms with Gasteiger partial charge >= 0.3 is 5.97 Å². The van der Waals surface area contributed by atoms with Gasteiger partial charge in [0.05, 0.1) is 6.54 Å². The number of halogens is 1. The van der Waals surface area contributed by atoms with Crippen LogP contribution in [0.4, 0.5) is 4.39 Å². The molecule has 1 aliphatic rings. The molecule has 1 aliphatic heterocycles. The summed E-state index contributed by atoms with van der Waals surface area (Å²) in [5, 5.41) is 11.5. The maximum Gasteiger partial charge on any atom is 0.317 e. The molecule has 0 saturated carbocycles. The molecule has 4 nitrogen and oxygen atoms in total. The van der Waals surface area contributed by atoms with Crippen molar-refractivity contribution < 1.29 is 14.3 Å². The zero-order chi connectivity index (χ0) is 9.84. The molecule has 1 fully saturated rings. The van der Waals surface area contributed by atoms with Gasteiger partial charge in [-0.05, 0) is 13.5 Å². The minimum atomic E-state index is -0.850. The number of aliphatic carboxylic acids is 1. The quantitative estimate of drug-likeness (QED) is 0.639. The first-order valence-corrected chi connectivity index (χ1v) is 4.35. The Morgan fingerprint density at radius 3 is 2.92 bits per heavy atom. The summed E-state index contributed by atoms with van der Waals surface area (Å²) in [6.07, 6.45) is -0.285. The van der Waals surface area contributed by atoms with Crippen molar-refractivity contribution in [2.45, 2.75) is 18.6 Å². The summed E-state index contributed by atoms with van der Waals surface area (Å²) in [6, 6.07) is 0.0966. The third-order valence-corrected chi connectivity index (χ3v) is 2.11. The van der Waals surface area contributed by atoms with Gasteiger partial charge in [0.15, 0.2) is 0 Å². The number of nitrogens with one attached hydrogen (secondary N) is 1. The zero-order valence-electron chi connectivity index (χ0n) is 7.66. The summed E-state index contributed by atoms with van der Waals surface area (Å²) in [7, 11) is 1.72. The van der Waals surface area contributed by atoms with Crippen LogP contribution in [0.1, 0.15) is 6.42 Å². The average molecular weight is 190 g/mol. The van der Waals surface area contributed by atoms with Crippen molar-refractivity contribution in [3.63, 3.8) is 0 Å². The van der Waals surface area contributed by atoms with Gasteiger partial charge in [0.1, 0.15) is 6.17 Å². The van der Waals surface area contributed by atoms with Crippen molar-refractivity contribution in [3.05, 3.63) is 0 Å². The molecule has 1 saturated heterocycles. The second-order valence-electron chi connectivity index (χ2n) is 3.53. The Labute approximate surface area is 76.7 Å². The Bertz CT molecular complexity index is 189. The summed E-state index contributed by atoms with van der Waals surface area (Å²) in [4.78, 5) is 12.0. The van der Waals surface area contributed by atoms with Gasteiger partial charge in [-0.25, -0.2) is 4.39 Å². The summed E-state index contributed by atoms with van der Waals surface area (Å²) >= 11 is 0. The van der Waals surface area contributed by atoms with Crippen LogP contribution < -0.4 is 5.32 Å². The number of carboxylic acids is 1. The van der Waals surface area contributed by atoms with Crippen LogP contribution in [0.15, 0.2) is 0 Å². The fourth-order valence-corrected chi connectivity index (χ4v) is 1.58. The number of rotatable bonds is 4. The van der Waals surface area contributed by atoms with Crippen LogP contribution in [0.25, 0.3) is 0 Å². The molecule has 13 heavy (non-hydrogen) atoms. The summed E-state index contributed by atoms with van der Waals surface area (Å²) in [5.41, 5.74) is 0. The van der Waals surface area contributed by atoms with Crippen LogP contribution in [0, 0.1) is 0 Å². The predicted molar refractivity (Wildman–Crippen MR) is 46.4 cm³/mol. The Morgan fingerprint density at radius 1 is 1.77 bits per heavy atom. The van der Waals surface area contributed by atoms with Crippen molar-refractivity contribution >= 4 is 5.97 Å². The molecule has 0 aromatic rings. The summed E-state index contributed by atoms with van der Waals surface area (Å²) in [6.45, 7) is 0.993. The number of hydrogen-bond donors (Lipinski definition) is 2. The Balaban J connectivity index is 2.20. The lowest BCUT2D eigenvalue weighted by molar-refractivity contribution is -0.138. The molecule has 5 heteroatoms. The number of likely N-dealkylation sites (N-methyl/N-ethyl adjacent to an activating group) is 1. The van der Waals surface area contributed by atoms with Gasteiger partial charge in [0.25, 0.3) is 0 Å². The smallest absolute Gasteiger partial charge is 0.317 e. The normalized spacial score (nSPS) is 28.2. The van der Waals surface area contributed by atoms with Crippen molar-refractivity contribution in [3.8, 4) is 0 Å². The van der Waals surface area contributed by atoms with E-state index in [0.29, 0.717) is 19.5 Å². The van der Waals surface area contributed by atoms with Gasteiger partial charge < -0.3 is 10.4 Å².